The Labute approximate surface area is 174 Å². The van der Waals surface area contributed by atoms with Gasteiger partial charge in [0.05, 0.1) is 41.4 Å². The molecule has 28 heavy (non-hydrogen) atoms. The molecule has 1 aliphatic heterocycles. The summed E-state index contributed by atoms with van der Waals surface area (Å²) in [7, 11) is 0. The van der Waals surface area contributed by atoms with Gasteiger partial charge in [-0.3, -0.25) is 4.79 Å². The molecule has 6 nitrogen and oxygen atoms in total. The highest BCUT2D eigenvalue weighted by Crippen LogP contribution is 2.32. The zero-order valence-electron chi connectivity index (χ0n) is 16.1. The summed E-state index contributed by atoms with van der Waals surface area (Å²) >= 11 is 12.4. The number of ether oxygens (including phenoxy) is 2. The number of nitrogens with zero attached hydrogens (tertiary/aromatic N) is 2. The van der Waals surface area contributed by atoms with E-state index in [1.807, 2.05) is 19.9 Å². The van der Waals surface area contributed by atoms with Gasteiger partial charge in [-0.05, 0) is 31.0 Å². The van der Waals surface area contributed by atoms with E-state index in [1.165, 1.54) is 6.92 Å². The molecule has 8 heteroatoms. The fraction of sp³-hybridized carbons (Fsp3) is 0.450. The van der Waals surface area contributed by atoms with Crippen molar-refractivity contribution in [3.05, 3.63) is 39.6 Å². The van der Waals surface area contributed by atoms with Crippen molar-refractivity contribution >= 4 is 35.0 Å². The average Bonchev–Trinajstić information content (AvgIpc) is 3.07. The monoisotopic (exact) mass is 423 g/mol. The van der Waals surface area contributed by atoms with Gasteiger partial charge in [0, 0.05) is 17.5 Å². The van der Waals surface area contributed by atoms with Crippen LogP contribution in [0.25, 0.3) is 11.3 Å². The van der Waals surface area contributed by atoms with Crippen LogP contribution in [0, 0.1) is 0 Å². The van der Waals surface area contributed by atoms with Crippen molar-refractivity contribution in [2.45, 2.75) is 45.8 Å². The zero-order chi connectivity index (χ0) is 20.3. The van der Waals surface area contributed by atoms with Crippen LogP contribution in [0.3, 0.4) is 0 Å². The van der Waals surface area contributed by atoms with Gasteiger partial charge in [-0.15, -0.1) is 0 Å². The normalized spacial score (nSPS) is 18.9. The summed E-state index contributed by atoms with van der Waals surface area (Å²) in [5.74, 6) is 0.354. The van der Waals surface area contributed by atoms with Crippen LogP contribution in [0.15, 0.2) is 18.2 Å². The third-order valence-corrected chi connectivity index (χ3v) is 5.11. The number of benzene rings is 1. The molecule has 150 valence electrons. The predicted octanol–water partition coefficient (Wildman–Crippen LogP) is 4.32. The number of rotatable bonds is 6. The van der Waals surface area contributed by atoms with E-state index in [9.17, 15) is 4.79 Å². The number of nitrogens with one attached hydrogen (secondary N) is 1. The van der Waals surface area contributed by atoms with Gasteiger partial charge in [0.15, 0.2) is 0 Å². The Morgan fingerprint density at radius 3 is 2.61 bits per heavy atom. The Kier molecular flexibility index (Phi) is 6.75. The molecular weight excluding hydrogens is 401 g/mol. The van der Waals surface area contributed by atoms with E-state index >= 15 is 0 Å². The molecule has 1 saturated heterocycles. The number of hydrogen-bond acceptors (Lipinski definition) is 6. The van der Waals surface area contributed by atoms with Gasteiger partial charge in [0.1, 0.15) is 11.9 Å². The summed E-state index contributed by atoms with van der Waals surface area (Å²) in [6, 6.07) is 5.19. The number of esters is 1. The first-order chi connectivity index (χ1) is 13.4. The first-order valence-electron chi connectivity index (χ1n) is 9.29. The molecule has 0 aliphatic carbocycles. The highest BCUT2D eigenvalue weighted by atomic mass is 35.5. The van der Waals surface area contributed by atoms with Crippen LogP contribution >= 0.6 is 23.2 Å². The molecular formula is C20H23Cl2N3O3. The van der Waals surface area contributed by atoms with Crippen molar-refractivity contribution in [2.24, 2.45) is 0 Å². The second-order valence-corrected chi connectivity index (χ2v) is 7.43. The minimum absolute atomic E-state index is 0.168. The second kappa shape index (κ2) is 9.07. The fourth-order valence-electron chi connectivity index (χ4n) is 3.18. The smallest absolute Gasteiger partial charge is 0.303 e. The van der Waals surface area contributed by atoms with Crippen molar-refractivity contribution in [1.82, 2.24) is 9.97 Å². The van der Waals surface area contributed by atoms with E-state index in [0.29, 0.717) is 41.9 Å². The lowest BCUT2D eigenvalue weighted by Gasteiger charge is -2.22. The van der Waals surface area contributed by atoms with E-state index in [-0.39, 0.29) is 18.1 Å². The molecule has 0 unspecified atom stereocenters. The highest BCUT2D eigenvalue weighted by molar-refractivity contribution is 6.36. The number of carbonyl (C=O) groups is 1. The first-order valence-corrected chi connectivity index (χ1v) is 10.0. The predicted molar refractivity (Wildman–Crippen MR) is 110 cm³/mol. The third-order valence-electron chi connectivity index (χ3n) is 4.56. The lowest BCUT2D eigenvalue weighted by atomic mass is 10.1. The van der Waals surface area contributed by atoms with Crippen LogP contribution in [-0.2, 0) is 27.1 Å². The topological polar surface area (TPSA) is 73.3 Å². The van der Waals surface area contributed by atoms with Crippen molar-refractivity contribution in [1.29, 1.82) is 0 Å². The maximum absolute atomic E-state index is 11.3. The average molecular weight is 424 g/mol. The maximum atomic E-state index is 11.3. The lowest BCUT2D eigenvalue weighted by molar-refractivity contribution is -0.146. The number of aromatic nitrogens is 2. The Morgan fingerprint density at radius 1 is 1.21 bits per heavy atom. The van der Waals surface area contributed by atoms with Crippen molar-refractivity contribution in [2.75, 3.05) is 18.5 Å². The molecule has 2 heterocycles. The van der Waals surface area contributed by atoms with Crippen LogP contribution in [0.1, 0.15) is 32.2 Å². The van der Waals surface area contributed by atoms with Gasteiger partial charge in [-0.2, -0.15) is 0 Å². The molecule has 0 amide bonds. The molecule has 0 spiro atoms. The number of carbonyl (C=O) groups excluding carboxylic acids is 1. The summed E-state index contributed by atoms with van der Waals surface area (Å²) in [4.78, 5) is 21.0. The molecule has 1 aromatic carbocycles. The lowest BCUT2D eigenvalue weighted by Crippen LogP contribution is -2.36. The standard InChI is InChI=1S/C20H23Cl2N3O3/c1-4-15-19(13-7-6-12(21)8-14(13)22)23-16(5-2)20(24-15)25-17-9-27-10-18(17)28-11(3)26/h6-8,17-18H,4-5,9-10H2,1-3H3,(H,24,25)/t17-,18-/m0/s1. The van der Waals surface area contributed by atoms with Gasteiger partial charge in [0.2, 0.25) is 0 Å². The van der Waals surface area contributed by atoms with Gasteiger partial charge in [-0.1, -0.05) is 37.0 Å². The molecule has 1 aromatic heterocycles. The van der Waals surface area contributed by atoms with Gasteiger partial charge < -0.3 is 14.8 Å². The number of aryl methyl sites for hydroxylation is 2. The van der Waals surface area contributed by atoms with Crippen LogP contribution in [0.5, 0.6) is 0 Å². The van der Waals surface area contributed by atoms with Crippen molar-refractivity contribution in [3.8, 4) is 11.3 Å². The fourth-order valence-corrected chi connectivity index (χ4v) is 3.68. The third kappa shape index (κ3) is 4.57. The van der Waals surface area contributed by atoms with Crippen LogP contribution < -0.4 is 5.32 Å². The van der Waals surface area contributed by atoms with Crippen LogP contribution in [-0.4, -0.2) is 41.3 Å². The highest BCUT2D eigenvalue weighted by Gasteiger charge is 2.32. The van der Waals surface area contributed by atoms with Gasteiger partial charge in [0.25, 0.3) is 0 Å². The Morgan fingerprint density at radius 2 is 1.96 bits per heavy atom. The van der Waals surface area contributed by atoms with E-state index in [2.05, 4.69) is 5.32 Å². The number of anilines is 1. The molecule has 0 bridgehead atoms. The Bertz CT molecular complexity index is 876. The molecule has 0 radical (unpaired) electrons. The molecule has 1 N–H and O–H groups in total. The summed E-state index contributed by atoms with van der Waals surface area (Å²) < 4.78 is 10.8. The number of halogens is 2. The summed E-state index contributed by atoms with van der Waals surface area (Å²) in [5, 5.41) is 4.48. The molecule has 1 fully saturated rings. The minimum Gasteiger partial charge on any atom is -0.458 e. The SMILES string of the molecule is CCc1nc(-c2ccc(Cl)cc2Cl)c(CC)nc1N[C@H]1COC[C@@H]1OC(C)=O. The Balaban J connectivity index is 1.96. The summed E-state index contributed by atoms with van der Waals surface area (Å²) in [6.07, 6.45) is 1.03. The van der Waals surface area contributed by atoms with E-state index in [1.54, 1.807) is 12.1 Å². The number of hydrogen-bond donors (Lipinski definition) is 1. The Hall–Kier alpha value is -1.89. The van der Waals surface area contributed by atoms with Crippen molar-refractivity contribution in [3.63, 3.8) is 0 Å². The molecule has 0 saturated carbocycles. The van der Waals surface area contributed by atoms with E-state index < -0.39 is 0 Å². The molecule has 2 aromatic rings. The summed E-state index contributed by atoms with van der Waals surface area (Å²) in [6.45, 7) is 6.24. The van der Waals surface area contributed by atoms with Gasteiger partial charge in [-0.25, -0.2) is 9.97 Å². The van der Waals surface area contributed by atoms with Crippen LogP contribution in [0.2, 0.25) is 10.0 Å². The zero-order valence-corrected chi connectivity index (χ0v) is 17.6. The maximum Gasteiger partial charge on any atom is 0.303 e. The van der Waals surface area contributed by atoms with Crippen LogP contribution in [0.4, 0.5) is 5.82 Å². The second-order valence-electron chi connectivity index (χ2n) is 6.58. The first kappa shape index (κ1) is 20.8. The quantitative estimate of drug-likeness (QED) is 0.697. The van der Waals surface area contributed by atoms with E-state index in [0.717, 1.165) is 22.6 Å². The molecule has 2 atom stereocenters. The van der Waals surface area contributed by atoms with E-state index in [4.69, 9.17) is 42.6 Å². The largest absolute Gasteiger partial charge is 0.458 e. The minimum atomic E-state index is -0.348. The molecule has 3 rings (SSSR count). The van der Waals surface area contributed by atoms with Crippen molar-refractivity contribution < 1.29 is 14.3 Å². The summed E-state index contributed by atoms with van der Waals surface area (Å²) in [5.41, 5.74) is 3.20. The van der Waals surface area contributed by atoms with Gasteiger partial charge >= 0.3 is 5.97 Å². The molecule has 1 aliphatic rings.